The maximum atomic E-state index is 2.43. The van der Waals surface area contributed by atoms with Crippen molar-refractivity contribution >= 4 is 35.3 Å². The van der Waals surface area contributed by atoms with Gasteiger partial charge in [0.25, 0.3) is 0 Å². The minimum absolute atomic E-state index is 0. The quantitative estimate of drug-likeness (QED) is 0.336. The van der Waals surface area contributed by atoms with Crippen molar-refractivity contribution in [3.8, 4) is 0 Å². The zero-order valence-electron chi connectivity index (χ0n) is 17.6. The Morgan fingerprint density at radius 3 is 2.38 bits per heavy atom. The Kier molecular flexibility index (Phi) is 9.75. The van der Waals surface area contributed by atoms with Gasteiger partial charge in [0, 0.05) is 8.07 Å². The second kappa shape index (κ2) is 10.7. The Balaban J connectivity index is 0.000000264. The van der Waals surface area contributed by atoms with Gasteiger partial charge in [-0.25, -0.2) is 0 Å². The van der Waals surface area contributed by atoms with E-state index in [1.54, 1.807) is 16.3 Å². The van der Waals surface area contributed by atoms with Crippen molar-refractivity contribution in [1.82, 2.24) is 0 Å². The summed E-state index contributed by atoms with van der Waals surface area (Å²) in [6, 6.07) is 19.8. The van der Waals surface area contributed by atoms with Gasteiger partial charge in [-0.2, -0.15) is 35.5 Å². The van der Waals surface area contributed by atoms with Gasteiger partial charge in [-0.05, 0) is 17.0 Å². The summed E-state index contributed by atoms with van der Waals surface area (Å²) in [7, 11) is -0.981. The van der Waals surface area contributed by atoms with Crippen LogP contribution in [-0.2, 0) is 26.2 Å². The zero-order chi connectivity index (χ0) is 18.3. The van der Waals surface area contributed by atoms with Crippen molar-refractivity contribution in [3.63, 3.8) is 0 Å². The van der Waals surface area contributed by atoms with E-state index in [9.17, 15) is 0 Å². The molecule has 29 heavy (non-hydrogen) atoms. The van der Waals surface area contributed by atoms with Crippen LogP contribution >= 0.6 is 0 Å². The molecule has 1 aliphatic carbocycles. The monoisotopic (exact) mass is 516 g/mol. The molecule has 0 aromatic heterocycles. The van der Waals surface area contributed by atoms with Gasteiger partial charge in [-0.15, -0.1) is 29.7 Å². The second-order valence-corrected chi connectivity index (χ2v) is 12.5. The fraction of sp³-hybridized carbons (Fsp3) is 0.280. The summed E-state index contributed by atoms with van der Waals surface area (Å²) in [5, 5.41) is 6.35. The molecule has 1 unspecified atom stereocenters. The van der Waals surface area contributed by atoms with Crippen LogP contribution in [0.3, 0.4) is 0 Å². The number of rotatable bonds is 3. The summed E-state index contributed by atoms with van der Waals surface area (Å²) in [6.45, 7) is 9.36. The van der Waals surface area contributed by atoms with Crippen LogP contribution in [0.5, 0.6) is 0 Å². The van der Waals surface area contributed by atoms with Gasteiger partial charge in [0.1, 0.15) is 0 Å². The predicted octanol–water partition coefficient (Wildman–Crippen LogP) is -0.108. The van der Waals surface area contributed by atoms with Gasteiger partial charge in [0.05, 0.1) is 0 Å². The molecule has 1 atom stereocenters. The Labute approximate surface area is 208 Å². The van der Waals surface area contributed by atoms with Crippen LogP contribution in [0.2, 0.25) is 13.1 Å². The third-order valence-electron chi connectivity index (χ3n) is 6.11. The second-order valence-electron chi connectivity index (χ2n) is 8.25. The molecule has 0 saturated carbocycles. The molecule has 0 spiro atoms. The largest absolute Gasteiger partial charge is 4.00 e. The molecule has 3 aromatic rings. The summed E-state index contributed by atoms with van der Waals surface area (Å²) in [5.41, 5.74) is 2.90. The number of fused-ring (bicyclic) bond motifs is 4. The van der Waals surface area contributed by atoms with Gasteiger partial charge in [-0.1, -0.05) is 62.5 Å². The number of allylic oxidation sites excluding steroid dienone is 1. The van der Waals surface area contributed by atoms with Gasteiger partial charge in [-0.3, -0.25) is 0 Å². The van der Waals surface area contributed by atoms with Gasteiger partial charge in [0.15, 0.2) is 0 Å². The SMILES string of the molecule is CC[C-](C)CC1C=Cc2ccccc21.C[Si]1(C)c2[cH-]c3ccccc3c21.[Cl-].[Cl-].[Zr+4]. The molecule has 0 bridgehead atoms. The summed E-state index contributed by atoms with van der Waals surface area (Å²) in [5.74, 6) is 2.22. The Morgan fingerprint density at radius 1 is 1.00 bits per heavy atom. The van der Waals surface area contributed by atoms with Gasteiger partial charge in [0.2, 0.25) is 0 Å². The van der Waals surface area contributed by atoms with E-state index in [-0.39, 0.29) is 51.0 Å². The summed E-state index contributed by atoms with van der Waals surface area (Å²) in [6.07, 6.45) is 7.00. The predicted molar refractivity (Wildman–Crippen MR) is 118 cm³/mol. The molecule has 0 radical (unpaired) electrons. The van der Waals surface area contributed by atoms with Crippen molar-refractivity contribution in [2.75, 3.05) is 0 Å². The van der Waals surface area contributed by atoms with E-state index < -0.39 is 8.07 Å². The van der Waals surface area contributed by atoms with E-state index >= 15 is 0 Å². The Bertz CT molecular complexity index is 974. The van der Waals surface area contributed by atoms with E-state index in [4.69, 9.17) is 0 Å². The first-order valence-electron chi connectivity index (χ1n) is 9.80. The van der Waals surface area contributed by atoms with Crippen LogP contribution < -0.4 is 35.2 Å². The fourth-order valence-electron chi connectivity index (χ4n) is 4.26. The number of hydrogen-bond acceptors (Lipinski definition) is 0. The summed E-state index contributed by atoms with van der Waals surface area (Å²) < 4.78 is 0. The average molecular weight is 519 g/mol. The topological polar surface area (TPSA) is 0 Å². The van der Waals surface area contributed by atoms with Crippen molar-refractivity contribution in [1.29, 1.82) is 0 Å². The molecule has 1 aliphatic heterocycles. The van der Waals surface area contributed by atoms with Gasteiger partial charge < -0.3 is 30.7 Å². The first-order chi connectivity index (χ1) is 12.5. The minimum Gasteiger partial charge on any atom is -1.00 e. The van der Waals surface area contributed by atoms with Crippen molar-refractivity contribution in [2.45, 2.75) is 45.7 Å². The third kappa shape index (κ3) is 5.21. The van der Waals surface area contributed by atoms with E-state index in [0.29, 0.717) is 5.92 Å². The number of halogens is 2. The molecular weight excluding hydrogens is 490 g/mol. The summed E-state index contributed by atoms with van der Waals surface area (Å²) in [4.78, 5) is 0. The van der Waals surface area contributed by atoms with Crippen LogP contribution in [-0.4, -0.2) is 8.07 Å². The van der Waals surface area contributed by atoms with Crippen molar-refractivity contribution < 1.29 is 51.0 Å². The zero-order valence-corrected chi connectivity index (χ0v) is 22.6. The smallest absolute Gasteiger partial charge is 1.00 e. The van der Waals surface area contributed by atoms with Crippen LogP contribution in [0, 0.1) is 5.92 Å². The fourth-order valence-corrected chi connectivity index (χ4v) is 7.63. The van der Waals surface area contributed by atoms with Gasteiger partial charge >= 0.3 is 26.2 Å². The molecular formula is C25H28Cl2SiZr. The summed E-state index contributed by atoms with van der Waals surface area (Å²) >= 11 is 0. The average Bonchev–Trinajstić information content (AvgIpc) is 3.03. The molecule has 0 N–H and O–H groups in total. The van der Waals surface area contributed by atoms with Crippen LogP contribution in [0.4, 0.5) is 0 Å². The molecule has 2 aliphatic rings. The van der Waals surface area contributed by atoms with Crippen LogP contribution in [0.15, 0.2) is 60.7 Å². The normalized spacial score (nSPS) is 16.5. The Hall–Kier alpha value is -0.530. The number of hydrogen-bond donors (Lipinski definition) is 0. The van der Waals surface area contributed by atoms with E-state index in [1.165, 1.54) is 34.7 Å². The third-order valence-corrected chi connectivity index (χ3v) is 9.39. The van der Waals surface area contributed by atoms with Crippen molar-refractivity contribution in [2.24, 2.45) is 0 Å². The first kappa shape index (κ1) is 26.5. The molecule has 150 valence electrons. The first-order valence-corrected chi connectivity index (χ1v) is 12.8. The maximum absolute atomic E-state index is 2.43. The van der Waals surface area contributed by atoms with Crippen molar-refractivity contribution in [3.05, 3.63) is 77.7 Å². The molecule has 5 rings (SSSR count). The van der Waals surface area contributed by atoms with E-state index in [2.05, 4.69) is 93.7 Å². The number of benzene rings is 2. The van der Waals surface area contributed by atoms with Crippen LogP contribution in [0.25, 0.3) is 16.8 Å². The molecule has 0 fully saturated rings. The Morgan fingerprint density at radius 2 is 1.66 bits per heavy atom. The van der Waals surface area contributed by atoms with E-state index in [0.717, 1.165) is 0 Å². The molecule has 0 saturated heterocycles. The standard InChI is InChI=1S/C14H17.C11H11Si.2ClH.Zr/c1-3-11(2)10-13-9-8-12-6-4-5-7-14(12)13;1-12(2)10-7-8-5-3-4-6-9(8)11(10)12;;;/h4-9,13H,3,10H2,1-2H3;3-7H,1-2H3;2*1H;/q2*-1;;;+4/p-2. The molecule has 3 aromatic carbocycles. The minimum atomic E-state index is -0.981. The molecule has 1 heterocycles. The molecule has 0 amide bonds. The van der Waals surface area contributed by atoms with Crippen LogP contribution in [0.1, 0.15) is 43.7 Å². The van der Waals surface area contributed by atoms with E-state index in [1.807, 2.05) is 0 Å². The molecule has 0 nitrogen and oxygen atoms in total. The molecule has 4 heteroatoms. The maximum Gasteiger partial charge on any atom is 4.00 e.